The van der Waals surface area contributed by atoms with Crippen molar-refractivity contribution in [2.24, 2.45) is 5.73 Å². The lowest BCUT2D eigenvalue weighted by atomic mass is 9.98. The van der Waals surface area contributed by atoms with E-state index in [1.807, 2.05) is 38.1 Å². The number of piperazine rings is 1. The van der Waals surface area contributed by atoms with Gasteiger partial charge in [0, 0.05) is 30.1 Å². The van der Waals surface area contributed by atoms with Crippen LogP contribution in [0.2, 0.25) is 0 Å². The van der Waals surface area contributed by atoms with Crippen molar-refractivity contribution in [1.82, 2.24) is 9.80 Å². The van der Waals surface area contributed by atoms with E-state index in [2.05, 4.69) is 15.9 Å². The Hall–Kier alpha value is -1.40. The molecule has 5 nitrogen and oxygen atoms in total. The minimum absolute atomic E-state index is 0.254. The molecule has 21 heavy (non-hydrogen) atoms. The maximum Gasteiger partial charge on any atom is 0.312 e. The van der Waals surface area contributed by atoms with Crippen LogP contribution in [0.3, 0.4) is 0 Å². The summed E-state index contributed by atoms with van der Waals surface area (Å²) in [7, 11) is 0. The largest absolute Gasteiger partial charge is 0.333 e. The van der Waals surface area contributed by atoms with Crippen molar-refractivity contribution in [3.05, 3.63) is 34.3 Å². The summed E-state index contributed by atoms with van der Waals surface area (Å²) in [6.07, 6.45) is 0. The third-order valence-electron chi connectivity index (χ3n) is 3.77. The van der Waals surface area contributed by atoms with Crippen LogP contribution in [0.4, 0.5) is 0 Å². The highest BCUT2D eigenvalue weighted by Gasteiger charge is 2.37. The molecule has 1 aliphatic rings. The van der Waals surface area contributed by atoms with E-state index in [9.17, 15) is 9.59 Å². The van der Waals surface area contributed by atoms with Crippen molar-refractivity contribution in [3.63, 3.8) is 0 Å². The SMILES string of the molecule is CCN1CCN(C(c2ccc(Br)cc2)C(C)N)C(=O)C1=O. The average Bonchev–Trinajstić information content (AvgIpc) is 2.45. The zero-order valence-electron chi connectivity index (χ0n) is 12.3. The van der Waals surface area contributed by atoms with E-state index in [1.54, 1.807) is 9.80 Å². The Balaban J connectivity index is 2.29. The topological polar surface area (TPSA) is 66.6 Å². The summed E-state index contributed by atoms with van der Waals surface area (Å²) < 4.78 is 0.966. The van der Waals surface area contributed by atoms with Gasteiger partial charge in [0.15, 0.2) is 0 Å². The van der Waals surface area contributed by atoms with Crippen LogP contribution in [0.5, 0.6) is 0 Å². The molecule has 1 aliphatic heterocycles. The van der Waals surface area contributed by atoms with Crippen LogP contribution >= 0.6 is 15.9 Å². The first kappa shape index (κ1) is 16.0. The third kappa shape index (κ3) is 3.27. The summed E-state index contributed by atoms with van der Waals surface area (Å²) in [5.74, 6) is -0.903. The summed E-state index contributed by atoms with van der Waals surface area (Å²) in [6, 6.07) is 7.16. The van der Waals surface area contributed by atoms with E-state index >= 15 is 0 Å². The number of nitrogens with two attached hydrogens (primary N) is 1. The number of carbonyl (C=O) groups is 2. The summed E-state index contributed by atoms with van der Waals surface area (Å²) in [6.45, 7) is 5.36. The monoisotopic (exact) mass is 353 g/mol. The molecule has 0 saturated carbocycles. The van der Waals surface area contributed by atoms with Crippen LogP contribution in [-0.4, -0.2) is 47.3 Å². The molecule has 1 aromatic rings. The number of carbonyl (C=O) groups excluding carboxylic acids is 2. The number of benzene rings is 1. The first-order valence-electron chi connectivity index (χ1n) is 7.06. The van der Waals surface area contributed by atoms with Crippen molar-refractivity contribution in [2.75, 3.05) is 19.6 Å². The highest BCUT2D eigenvalue weighted by atomic mass is 79.9. The second-order valence-electron chi connectivity index (χ2n) is 5.24. The van der Waals surface area contributed by atoms with Crippen LogP contribution in [0.1, 0.15) is 25.5 Å². The molecule has 1 heterocycles. The maximum atomic E-state index is 12.4. The van der Waals surface area contributed by atoms with Gasteiger partial charge in [-0.25, -0.2) is 0 Å². The third-order valence-corrected chi connectivity index (χ3v) is 4.30. The summed E-state index contributed by atoms with van der Waals surface area (Å²) in [5.41, 5.74) is 7.03. The van der Waals surface area contributed by atoms with E-state index in [0.717, 1.165) is 10.0 Å². The van der Waals surface area contributed by atoms with E-state index in [0.29, 0.717) is 19.6 Å². The average molecular weight is 354 g/mol. The molecule has 2 amide bonds. The van der Waals surface area contributed by atoms with Gasteiger partial charge in [0.25, 0.3) is 0 Å². The summed E-state index contributed by atoms with van der Waals surface area (Å²) in [5, 5.41) is 0. The van der Waals surface area contributed by atoms with Crippen LogP contribution < -0.4 is 5.73 Å². The predicted molar refractivity (Wildman–Crippen MR) is 84.5 cm³/mol. The van der Waals surface area contributed by atoms with Crippen LogP contribution in [0.25, 0.3) is 0 Å². The number of likely N-dealkylation sites (N-methyl/N-ethyl adjacent to an activating group) is 1. The molecule has 0 aromatic heterocycles. The Morgan fingerprint density at radius 2 is 1.81 bits per heavy atom. The molecule has 1 fully saturated rings. The Labute approximate surface area is 133 Å². The fourth-order valence-electron chi connectivity index (χ4n) is 2.68. The number of rotatable bonds is 4. The van der Waals surface area contributed by atoms with Crippen molar-refractivity contribution < 1.29 is 9.59 Å². The molecule has 0 bridgehead atoms. The quantitative estimate of drug-likeness (QED) is 0.834. The number of hydrogen-bond donors (Lipinski definition) is 1. The van der Waals surface area contributed by atoms with Gasteiger partial charge in [-0.2, -0.15) is 0 Å². The number of nitrogens with zero attached hydrogens (tertiary/aromatic N) is 2. The highest BCUT2D eigenvalue weighted by Crippen LogP contribution is 2.27. The van der Waals surface area contributed by atoms with E-state index in [-0.39, 0.29) is 12.1 Å². The zero-order valence-corrected chi connectivity index (χ0v) is 13.8. The van der Waals surface area contributed by atoms with Gasteiger partial charge in [0.1, 0.15) is 0 Å². The maximum absolute atomic E-state index is 12.4. The summed E-state index contributed by atoms with van der Waals surface area (Å²) >= 11 is 3.39. The molecule has 114 valence electrons. The lowest BCUT2D eigenvalue weighted by Gasteiger charge is -2.39. The molecular weight excluding hydrogens is 334 g/mol. The molecule has 0 radical (unpaired) electrons. The molecule has 1 aromatic carbocycles. The molecule has 2 N–H and O–H groups in total. The zero-order chi connectivity index (χ0) is 15.6. The lowest BCUT2D eigenvalue weighted by Crippen LogP contribution is -2.57. The molecular formula is C15H20BrN3O2. The second kappa shape index (κ2) is 6.58. The molecule has 2 unspecified atom stereocenters. The smallest absolute Gasteiger partial charge is 0.312 e. The second-order valence-corrected chi connectivity index (χ2v) is 6.15. The summed E-state index contributed by atoms with van der Waals surface area (Å²) in [4.78, 5) is 27.6. The van der Waals surface area contributed by atoms with Crippen molar-refractivity contribution in [1.29, 1.82) is 0 Å². The standard InChI is InChI=1S/C15H20BrN3O2/c1-3-18-8-9-19(15(21)14(18)20)13(10(2)17)11-4-6-12(16)7-5-11/h4-7,10,13H,3,8-9,17H2,1-2H3. The predicted octanol–water partition coefficient (Wildman–Crippen LogP) is 1.53. The minimum Gasteiger partial charge on any atom is -0.333 e. The van der Waals surface area contributed by atoms with Gasteiger partial charge in [0.05, 0.1) is 6.04 Å². The number of halogens is 1. The Morgan fingerprint density at radius 3 is 2.33 bits per heavy atom. The van der Waals surface area contributed by atoms with Crippen molar-refractivity contribution >= 4 is 27.7 Å². The first-order chi connectivity index (χ1) is 9.95. The Morgan fingerprint density at radius 1 is 1.19 bits per heavy atom. The van der Waals surface area contributed by atoms with Crippen LogP contribution in [-0.2, 0) is 9.59 Å². The molecule has 2 rings (SSSR count). The van der Waals surface area contributed by atoms with E-state index < -0.39 is 11.8 Å². The van der Waals surface area contributed by atoms with Gasteiger partial charge < -0.3 is 15.5 Å². The van der Waals surface area contributed by atoms with Gasteiger partial charge in [-0.05, 0) is 31.5 Å². The van der Waals surface area contributed by atoms with Crippen LogP contribution in [0, 0.1) is 0 Å². The van der Waals surface area contributed by atoms with E-state index in [4.69, 9.17) is 5.73 Å². The van der Waals surface area contributed by atoms with Crippen molar-refractivity contribution in [2.45, 2.75) is 25.9 Å². The van der Waals surface area contributed by atoms with Gasteiger partial charge in [-0.15, -0.1) is 0 Å². The van der Waals surface area contributed by atoms with Gasteiger partial charge in [-0.1, -0.05) is 28.1 Å². The lowest BCUT2D eigenvalue weighted by molar-refractivity contribution is -0.158. The first-order valence-corrected chi connectivity index (χ1v) is 7.86. The van der Waals surface area contributed by atoms with E-state index in [1.165, 1.54) is 0 Å². The van der Waals surface area contributed by atoms with Gasteiger partial charge >= 0.3 is 11.8 Å². The molecule has 1 saturated heterocycles. The fraction of sp³-hybridized carbons (Fsp3) is 0.467. The van der Waals surface area contributed by atoms with Crippen molar-refractivity contribution in [3.8, 4) is 0 Å². The molecule has 6 heteroatoms. The Kier molecular flexibility index (Phi) is 5.00. The number of hydrogen-bond acceptors (Lipinski definition) is 3. The molecule has 0 aliphatic carbocycles. The minimum atomic E-state index is -0.465. The fourth-order valence-corrected chi connectivity index (χ4v) is 2.95. The molecule has 2 atom stereocenters. The number of amides is 2. The van der Waals surface area contributed by atoms with Gasteiger partial charge in [0.2, 0.25) is 0 Å². The normalized spacial score (nSPS) is 18.9. The van der Waals surface area contributed by atoms with Gasteiger partial charge in [-0.3, -0.25) is 9.59 Å². The Bertz CT molecular complexity index is 530. The highest BCUT2D eigenvalue weighted by molar-refractivity contribution is 9.10. The van der Waals surface area contributed by atoms with Crippen LogP contribution in [0.15, 0.2) is 28.7 Å². The molecule has 0 spiro atoms.